The Kier molecular flexibility index (Phi) is 4.02. The van der Waals surface area contributed by atoms with E-state index in [1.807, 2.05) is 24.1 Å². The minimum Gasteiger partial charge on any atom is -0.316 e. The van der Waals surface area contributed by atoms with Crippen molar-refractivity contribution in [3.8, 4) is 0 Å². The zero-order valence-corrected chi connectivity index (χ0v) is 10.7. The van der Waals surface area contributed by atoms with Gasteiger partial charge in [-0.2, -0.15) is 0 Å². The molecular weight excluding hydrogens is 236 g/mol. The highest BCUT2D eigenvalue weighted by Gasteiger charge is 2.29. The van der Waals surface area contributed by atoms with E-state index in [1.165, 1.54) is 5.56 Å². The first kappa shape index (κ1) is 12.4. The van der Waals surface area contributed by atoms with Crippen molar-refractivity contribution in [3.05, 3.63) is 29.8 Å². The fourth-order valence-corrected chi connectivity index (χ4v) is 2.38. The van der Waals surface area contributed by atoms with E-state index in [0.717, 1.165) is 18.8 Å². The maximum Gasteiger partial charge on any atom is 0.227 e. The van der Waals surface area contributed by atoms with Gasteiger partial charge in [-0.3, -0.25) is 4.79 Å². The molecule has 0 saturated carbocycles. The summed E-state index contributed by atoms with van der Waals surface area (Å²) in [5.41, 5.74) is 2.17. The molecule has 92 valence electrons. The Hall–Kier alpha value is -1.06. The summed E-state index contributed by atoms with van der Waals surface area (Å²) in [6.45, 7) is 1.56. The number of hydrogen-bond donors (Lipinski definition) is 1. The summed E-state index contributed by atoms with van der Waals surface area (Å²) in [5.74, 6) is 1.02. The predicted octanol–water partition coefficient (Wildman–Crippen LogP) is 2.00. The number of halogens is 1. The van der Waals surface area contributed by atoms with Gasteiger partial charge in [0.05, 0.1) is 0 Å². The number of amides is 1. The lowest BCUT2D eigenvalue weighted by Gasteiger charge is -2.17. The molecule has 3 nitrogen and oxygen atoms in total. The van der Waals surface area contributed by atoms with Gasteiger partial charge in [-0.1, -0.05) is 12.1 Å². The smallest absolute Gasteiger partial charge is 0.227 e. The number of benzene rings is 1. The molecule has 0 bridgehead atoms. The number of hydrogen-bond acceptors (Lipinski definition) is 2. The number of anilines is 1. The molecular formula is C13H17ClN2O. The molecule has 0 spiro atoms. The molecule has 0 aliphatic carbocycles. The van der Waals surface area contributed by atoms with E-state index in [-0.39, 0.29) is 11.8 Å². The average Bonchev–Trinajstić information content (AvgIpc) is 2.71. The summed E-state index contributed by atoms with van der Waals surface area (Å²) in [7, 11) is 1.91. The Balaban J connectivity index is 2.16. The van der Waals surface area contributed by atoms with Crippen molar-refractivity contribution in [2.75, 3.05) is 24.4 Å². The molecule has 0 radical (unpaired) electrons. The molecule has 1 saturated heterocycles. The van der Waals surface area contributed by atoms with Crippen LogP contribution in [-0.4, -0.2) is 25.4 Å². The van der Waals surface area contributed by atoms with E-state index in [2.05, 4.69) is 17.4 Å². The number of carbonyl (C=O) groups is 1. The summed E-state index contributed by atoms with van der Waals surface area (Å²) in [5, 5.41) is 3.11. The standard InChI is InChI=1S/C13H17ClN2O/c1-15-8-10-3-2-4-12(5-10)16-9-11(7-14)6-13(16)17/h2-5,11,15H,6-9H2,1H3. The number of alkyl halides is 1. The van der Waals surface area contributed by atoms with Gasteiger partial charge < -0.3 is 10.2 Å². The molecule has 1 N–H and O–H groups in total. The minimum absolute atomic E-state index is 0.178. The van der Waals surface area contributed by atoms with E-state index in [1.54, 1.807) is 0 Å². The van der Waals surface area contributed by atoms with Crippen molar-refractivity contribution in [1.82, 2.24) is 5.32 Å². The Bertz CT molecular complexity index is 408. The molecule has 1 aromatic carbocycles. The van der Waals surface area contributed by atoms with E-state index < -0.39 is 0 Å². The van der Waals surface area contributed by atoms with Crippen molar-refractivity contribution in [1.29, 1.82) is 0 Å². The van der Waals surface area contributed by atoms with Crippen molar-refractivity contribution in [2.24, 2.45) is 5.92 Å². The Morgan fingerprint density at radius 2 is 2.35 bits per heavy atom. The third kappa shape index (κ3) is 2.79. The molecule has 1 atom stereocenters. The van der Waals surface area contributed by atoms with Crippen LogP contribution < -0.4 is 10.2 Å². The van der Waals surface area contributed by atoms with Crippen LogP contribution in [0.15, 0.2) is 24.3 Å². The highest BCUT2D eigenvalue weighted by Crippen LogP contribution is 2.26. The van der Waals surface area contributed by atoms with E-state index in [4.69, 9.17) is 11.6 Å². The Morgan fingerprint density at radius 1 is 1.53 bits per heavy atom. The zero-order valence-electron chi connectivity index (χ0n) is 9.95. The number of rotatable bonds is 4. The second kappa shape index (κ2) is 5.52. The van der Waals surface area contributed by atoms with Crippen LogP contribution in [0.2, 0.25) is 0 Å². The highest BCUT2D eigenvalue weighted by atomic mass is 35.5. The van der Waals surface area contributed by atoms with Crippen LogP contribution in [0, 0.1) is 5.92 Å². The van der Waals surface area contributed by atoms with Gasteiger partial charge in [0.15, 0.2) is 0 Å². The zero-order chi connectivity index (χ0) is 12.3. The molecule has 1 aliphatic rings. The van der Waals surface area contributed by atoms with Crippen molar-refractivity contribution < 1.29 is 4.79 Å². The lowest BCUT2D eigenvalue weighted by Crippen LogP contribution is -2.24. The van der Waals surface area contributed by atoms with Crippen molar-refractivity contribution in [2.45, 2.75) is 13.0 Å². The predicted molar refractivity (Wildman–Crippen MR) is 70.4 cm³/mol. The van der Waals surface area contributed by atoms with Gasteiger partial charge >= 0.3 is 0 Å². The van der Waals surface area contributed by atoms with Gasteiger partial charge in [0.25, 0.3) is 0 Å². The van der Waals surface area contributed by atoms with Crippen LogP contribution in [0.4, 0.5) is 5.69 Å². The van der Waals surface area contributed by atoms with Gasteiger partial charge in [0, 0.05) is 31.1 Å². The van der Waals surface area contributed by atoms with Gasteiger partial charge in [0.1, 0.15) is 0 Å². The van der Waals surface area contributed by atoms with Gasteiger partial charge in [-0.05, 0) is 30.7 Å². The first-order valence-corrected chi connectivity index (χ1v) is 6.38. The van der Waals surface area contributed by atoms with E-state index >= 15 is 0 Å². The fourth-order valence-electron chi connectivity index (χ4n) is 2.17. The summed E-state index contributed by atoms with van der Waals surface area (Å²) >= 11 is 5.82. The molecule has 17 heavy (non-hydrogen) atoms. The summed E-state index contributed by atoms with van der Waals surface area (Å²) in [6.07, 6.45) is 0.569. The molecule has 0 aromatic heterocycles. The monoisotopic (exact) mass is 252 g/mol. The third-order valence-electron chi connectivity index (χ3n) is 3.03. The molecule has 2 rings (SSSR count). The highest BCUT2D eigenvalue weighted by molar-refractivity contribution is 6.18. The van der Waals surface area contributed by atoms with Crippen LogP contribution in [0.3, 0.4) is 0 Å². The number of carbonyl (C=O) groups excluding carboxylic acids is 1. The SMILES string of the molecule is CNCc1cccc(N2CC(CCl)CC2=O)c1. The van der Waals surface area contributed by atoms with Crippen LogP contribution >= 0.6 is 11.6 Å². The second-order valence-electron chi connectivity index (χ2n) is 4.43. The maximum absolute atomic E-state index is 11.9. The van der Waals surface area contributed by atoms with Crippen molar-refractivity contribution in [3.63, 3.8) is 0 Å². The van der Waals surface area contributed by atoms with Crippen LogP contribution in [-0.2, 0) is 11.3 Å². The molecule has 1 amide bonds. The van der Waals surface area contributed by atoms with Gasteiger partial charge in [-0.15, -0.1) is 11.6 Å². The summed E-state index contributed by atoms with van der Waals surface area (Å²) in [6, 6.07) is 8.08. The van der Waals surface area contributed by atoms with Gasteiger partial charge in [0.2, 0.25) is 5.91 Å². The largest absolute Gasteiger partial charge is 0.316 e. The van der Waals surface area contributed by atoms with Crippen LogP contribution in [0.5, 0.6) is 0 Å². The molecule has 1 aromatic rings. The lowest BCUT2D eigenvalue weighted by atomic mass is 10.1. The summed E-state index contributed by atoms with van der Waals surface area (Å²) < 4.78 is 0. The summed E-state index contributed by atoms with van der Waals surface area (Å²) in [4.78, 5) is 13.7. The Labute approximate surface area is 107 Å². The van der Waals surface area contributed by atoms with Gasteiger partial charge in [-0.25, -0.2) is 0 Å². The molecule has 1 aliphatic heterocycles. The number of nitrogens with one attached hydrogen (secondary N) is 1. The van der Waals surface area contributed by atoms with E-state index in [0.29, 0.717) is 12.3 Å². The van der Waals surface area contributed by atoms with Crippen molar-refractivity contribution >= 4 is 23.2 Å². The molecule has 1 unspecified atom stereocenters. The second-order valence-corrected chi connectivity index (χ2v) is 4.74. The van der Waals surface area contributed by atoms with Crippen LogP contribution in [0.25, 0.3) is 0 Å². The minimum atomic E-state index is 0.178. The fraction of sp³-hybridized carbons (Fsp3) is 0.462. The number of nitrogens with zero attached hydrogens (tertiary/aromatic N) is 1. The lowest BCUT2D eigenvalue weighted by molar-refractivity contribution is -0.117. The topological polar surface area (TPSA) is 32.3 Å². The molecule has 1 heterocycles. The first-order chi connectivity index (χ1) is 8.24. The molecule has 4 heteroatoms. The maximum atomic E-state index is 11.9. The third-order valence-corrected chi connectivity index (χ3v) is 3.46. The molecule has 1 fully saturated rings. The average molecular weight is 253 g/mol. The Morgan fingerprint density at radius 3 is 3.00 bits per heavy atom. The normalized spacial score (nSPS) is 20.0. The quantitative estimate of drug-likeness (QED) is 0.832. The van der Waals surface area contributed by atoms with Crippen LogP contribution in [0.1, 0.15) is 12.0 Å². The van der Waals surface area contributed by atoms with E-state index in [9.17, 15) is 4.79 Å². The first-order valence-electron chi connectivity index (χ1n) is 5.84.